The van der Waals surface area contributed by atoms with Crippen molar-refractivity contribution in [3.63, 3.8) is 0 Å². The Balaban J connectivity index is 1.61. The van der Waals surface area contributed by atoms with E-state index in [1.54, 1.807) is 7.11 Å². The van der Waals surface area contributed by atoms with Gasteiger partial charge in [0.1, 0.15) is 5.75 Å². The summed E-state index contributed by atoms with van der Waals surface area (Å²) < 4.78 is 16.3. The molecule has 2 aromatic rings. The first-order valence-corrected chi connectivity index (χ1v) is 7.50. The standard InChI is InChI=1S/C18H21NO3/c1-13(10-14-6-3-4-8-16(14)20-2)19-11-15-7-5-9-17-18(15)22-12-21-17/h3-9,13,19H,10-12H2,1-2H3. The number of rotatable bonds is 6. The third kappa shape index (κ3) is 3.17. The zero-order chi connectivity index (χ0) is 15.4. The van der Waals surface area contributed by atoms with E-state index in [2.05, 4.69) is 24.4 Å². The highest BCUT2D eigenvalue weighted by molar-refractivity contribution is 5.48. The van der Waals surface area contributed by atoms with Crippen LogP contribution in [-0.4, -0.2) is 19.9 Å². The molecule has 1 atom stereocenters. The van der Waals surface area contributed by atoms with Crippen LogP contribution in [0.15, 0.2) is 42.5 Å². The fraction of sp³-hybridized carbons (Fsp3) is 0.333. The van der Waals surface area contributed by atoms with Crippen LogP contribution in [0.4, 0.5) is 0 Å². The Morgan fingerprint density at radius 2 is 1.91 bits per heavy atom. The molecule has 0 saturated carbocycles. The van der Waals surface area contributed by atoms with Gasteiger partial charge in [0.2, 0.25) is 6.79 Å². The minimum atomic E-state index is 0.309. The van der Waals surface area contributed by atoms with Gasteiger partial charge in [0.05, 0.1) is 7.11 Å². The van der Waals surface area contributed by atoms with Crippen molar-refractivity contribution in [3.8, 4) is 17.2 Å². The first-order valence-electron chi connectivity index (χ1n) is 7.50. The summed E-state index contributed by atoms with van der Waals surface area (Å²) in [5.41, 5.74) is 2.34. The second-order valence-corrected chi connectivity index (χ2v) is 5.45. The van der Waals surface area contributed by atoms with Gasteiger partial charge in [-0.3, -0.25) is 0 Å². The molecule has 1 N–H and O–H groups in total. The largest absolute Gasteiger partial charge is 0.496 e. The Morgan fingerprint density at radius 1 is 1.09 bits per heavy atom. The average molecular weight is 299 g/mol. The van der Waals surface area contributed by atoms with Crippen LogP contribution in [0.3, 0.4) is 0 Å². The number of hydrogen-bond acceptors (Lipinski definition) is 4. The number of methoxy groups -OCH3 is 1. The molecule has 2 aromatic carbocycles. The monoisotopic (exact) mass is 299 g/mol. The van der Waals surface area contributed by atoms with Gasteiger partial charge in [-0.1, -0.05) is 30.3 Å². The maximum absolute atomic E-state index is 5.53. The van der Waals surface area contributed by atoms with Crippen molar-refractivity contribution in [1.82, 2.24) is 5.32 Å². The molecule has 0 bridgehead atoms. The predicted molar refractivity (Wildman–Crippen MR) is 85.6 cm³/mol. The van der Waals surface area contributed by atoms with Gasteiger partial charge >= 0.3 is 0 Å². The molecule has 1 unspecified atom stereocenters. The Kier molecular flexibility index (Phi) is 4.49. The van der Waals surface area contributed by atoms with Gasteiger partial charge in [0.15, 0.2) is 11.5 Å². The lowest BCUT2D eigenvalue weighted by Crippen LogP contribution is -2.27. The number of fused-ring (bicyclic) bond motifs is 1. The van der Waals surface area contributed by atoms with Crippen molar-refractivity contribution >= 4 is 0 Å². The second kappa shape index (κ2) is 6.71. The third-order valence-electron chi connectivity index (χ3n) is 3.84. The molecule has 1 heterocycles. The van der Waals surface area contributed by atoms with Gasteiger partial charge < -0.3 is 19.5 Å². The minimum absolute atomic E-state index is 0.309. The van der Waals surface area contributed by atoms with Crippen LogP contribution in [0.2, 0.25) is 0 Å². The van der Waals surface area contributed by atoms with Gasteiger partial charge in [-0.2, -0.15) is 0 Å². The molecule has 0 amide bonds. The predicted octanol–water partition coefficient (Wildman–Crippen LogP) is 3.14. The van der Waals surface area contributed by atoms with E-state index in [0.29, 0.717) is 12.8 Å². The van der Waals surface area contributed by atoms with Gasteiger partial charge in [0.25, 0.3) is 0 Å². The van der Waals surface area contributed by atoms with Crippen LogP contribution in [-0.2, 0) is 13.0 Å². The lowest BCUT2D eigenvalue weighted by Gasteiger charge is -2.16. The van der Waals surface area contributed by atoms with E-state index < -0.39 is 0 Å². The summed E-state index contributed by atoms with van der Waals surface area (Å²) in [6.07, 6.45) is 0.913. The summed E-state index contributed by atoms with van der Waals surface area (Å²) in [6.45, 7) is 3.24. The van der Waals surface area contributed by atoms with Crippen LogP contribution in [0.1, 0.15) is 18.1 Å². The molecule has 0 radical (unpaired) electrons. The van der Waals surface area contributed by atoms with Crippen LogP contribution in [0.25, 0.3) is 0 Å². The fourth-order valence-electron chi connectivity index (χ4n) is 2.69. The SMILES string of the molecule is COc1ccccc1CC(C)NCc1cccc2c1OCO2. The van der Waals surface area contributed by atoms with E-state index in [0.717, 1.165) is 35.8 Å². The van der Waals surface area contributed by atoms with Crippen molar-refractivity contribution in [1.29, 1.82) is 0 Å². The Labute approximate surface area is 131 Å². The maximum Gasteiger partial charge on any atom is 0.231 e. The number of para-hydroxylation sites is 2. The molecule has 22 heavy (non-hydrogen) atoms. The molecule has 4 nitrogen and oxygen atoms in total. The Hall–Kier alpha value is -2.20. The quantitative estimate of drug-likeness (QED) is 0.889. The maximum atomic E-state index is 5.53. The highest BCUT2D eigenvalue weighted by Gasteiger charge is 2.17. The molecule has 0 spiro atoms. The normalized spacial score (nSPS) is 13.9. The second-order valence-electron chi connectivity index (χ2n) is 5.45. The molecule has 0 aliphatic carbocycles. The summed E-state index contributed by atoms with van der Waals surface area (Å²) in [7, 11) is 1.71. The summed E-state index contributed by atoms with van der Waals surface area (Å²) in [4.78, 5) is 0. The summed E-state index contributed by atoms with van der Waals surface area (Å²) >= 11 is 0. The molecule has 4 heteroatoms. The molecule has 0 fully saturated rings. The number of nitrogens with one attached hydrogen (secondary N) is 1. The zero-order valence-corrected chi connectivity index (χ0v) is 13.0. The van der Waals surface area contributed by atoms with Crippen molar-refractivity contribution in [2.45, 2.75) is 25.9 Å². The van der Waals surface area contributed by atoms with Crippen molar-refractivity contribution in [2.24, 2.45) is 0 Å². The zero-order valence-electron chi connectivity index (χ0n) is 13.0. The van der Waals surface area contributed by atoms with Gasteiger partial charge in [-0.05, 0) is 31.0 Å². The first-order chi connectivity index (χ1) is 10.8. The summed E-state index contributed by atoms with van der Waals surface area (Å²) in [6, 6.07) is 14.5. The Morgan fingerprint density at radius 3 is 2.77 bits per heavy atom. The lowest BCUT2D eigenvalue weighted by molar-refractivity contribution is 0.173. The number of ether oxygens (including phenoxy) is 3. The van der Waals surface area contributed by atoms with E-state index in [4.69, 9.17) is 14.2 Å². The molecule has 1 aliphatic heterocycles. The van der Waals surface area contributed by atoms with E-state index >= 15 is 0 Å². The van der Waals surface area contributed by atoms with E-state index in [1.807, 2.05) is 30.3 Å². The van der Waals surface area contributed by atoms with Crippen LogP contribution in [0, 0.1) is 0 Å². The molecule has 0 saturated heterocycles. The van der Waals surface area contributed by atoms with Crippen LogP contribution in [0.5, 0.6) is 17.2 Å². The van der Waals surface area contributed by atoms with Gasteiger partial charge in [-0.15, -0.1) is 0 Å². The Bertz CT molecular complexity index is 642. The summed E-state index contributed by atoms with van der Waals surface area (Å²) in [5.74, 6) is 2.63. The van der Waals surface area contributed by atoms with Crippen LogP contribution < -0.4 is 19.5 Å². The first kappa shape index (κ1) is 14.7. The van der Waals surface area contributed by atoms with E-state index in [1.165, 1.54) is 5.56 Å². The van der Waals surface area contributed by atoms with Gasteiger partial charge in [-0.25, -0.2) is 0 Å². The van der Waals surface area contributed by atoms with Crippen molar-refractivity contribution in [2.75, 3.05) is 13.9 Å². The molecule has 0 aromatic heterocycles. The van der Waals surface area contributed by atoms with Crippen molar-refractivity contribution in [3.05, 3.63) is 53.6 Å². The number of benzene rings is 2. The highest BCUT2D eigenvalue weighted by atomic mass is 16.7. The highest BCUT2D eigenvalue weighted by Crippen LogP contribution is 2.35. The molecule has 116 valence electrons. The smallest absolute Gasteiger partial charge is 0.231 e. The molecule has 3 rings (SSSR count). The van der Waals surface area contributed by atoms with Crippen molar-refractivity contribution < 1.29 is 14.2 Å². The molecular weight excluding hydrogens is 278 g/mol. The average Bonchev–Trinajstić information content (AvgIpc) is 3.02. The molecular formula is C18H21NO3. The van der Waals surface area contributed by atoms with E-state index in [9.17, 15) is 0 Å². The minimum Gasteiger partial charge on any atom is -0.496 e. The summed E-state index contributed by atoms with van der Waals surface area (Å²) in [5, 5.41) is 3.54. The van der Waals surface area contributed by atoms with E-state index in [-0.39, 0.29) is 0 Å². The topological polar surface area (TPSA) is 39.7 Å². The number of hydrogen-bond donors (Lipinski definition) is 1. The van der Waals surface area contributed by atoms with Gasteiger partial charge in [0, 0.05) is 18.2 Å². The fourth-order valence-corrected chi connectivity index (χ4v) is 2.69. The lowest BCUT2D eigenvalue weighted by atomic mass is 10.1. The molecule has 1 aliphatic rings. The van der Waals surface area contributed by atoms with Crippen LogP contribution >= 0.6 is 0 Å². The third-order valence-corrected chi connectivity index (χ3v) is 3.84.